The van der Waals surface area contributed by atoms with Crippen LogP contribution in [0.4, 0.5) is 4.79 Å². The molecular weight excluding hydrogens is 256 g/mol. The number of carboxylic acids is 1. The molecule has 0 heterocycles. The lowest BCUT2D eigenvalue weighted by Gasteiger charge is -2.27. The summed E-state index contributed by atoms with van der Waals surface area (Å²) >= 11 is 0. The van der Waals surface area contributed by atoms with Crippen molar-refractivity contribution in [2.75, 3.05) is 6.54 Å². The lowest BCUT2D eigenvalue weighted by molar-refractivity contribution is -0.142. The number of aliphatic carboxylic acids is 1. The van der Waals surface area contributed by atoms with Crippen LogP contribution in [-0.4, -0.2) is 29.7 Å². The quantitative estimate of drug-likeness (QED) is 0.740. The van der Waals surface area contributed by atoms with Crippen molar-refractivity contribution >= 4 is 12.0 Å². The predicted molar refractivity (Wildman–Crippen MR) is 76.4 cm³/mol. The molecule has 0 aromatic carbocycles. The third-order valence-corrected chi connectivity index (χ3v) is 4.85. The molecule has 2 aliphatic carbocycles. The van der Waals surface area contributed by atoms with Crippen molar-refractivity contribution in [2.24, 2.45) is 17.8 Å². The highest BCUT2D eigenvalue weighted by Crippen LogP contribution is 2.31. The summed E-state index contributed by atoms with van der Waals surface area (Å²) in [5.74, 6) is -0.155. The topological polar surface area (TPSA) is 78.4 Å². The van der Waals surface area contributed by atoms with E-state index in [2.05, 4.69) is 17.6 Å². The van der Waals surface area contributed by atoms with Gasteiger partial charge < -0.3 is 15.7 Å². The molecule has 2 fully saturated rings. The summed E-state index contributed by atoms with van der Waals surface area (Å²) in [6, 6.07) is 0.144. The Morgan fingerprint density at radius 2 is 1.80 bits per heavy atom. The lowest BCUT2D eigenvalue weighted by atomic mass is 9.87. The second-order valence-corrected chi connectivity index (χ2v) is 6.45. The second kappa shape index (κ2) is 6.95. The molecule has 0 spiro atoms. The molecule has 2 aliphatic rings. The van der Waals surface area contributed by atoms with Crippen LogP contribution in [0.15, 0.2) is 0 Å². The molecule has 3 N–H and O–H groups in total. The fourth-order valence-electron chi connectivity index (χ4n) is 3.47. The number of hydrogen-bond donors (Lipinski definition) is 3. The van der Waals surface area contributed by atoms with Gasteiger partial charge >= 0.3 is 12.0 Å². The van der Waals surface area contributed by atoms with Crippen LogP contribution < -0.4 is 10.6 Å². The van der Waals surface area contributed by atoms with Gasteiger partial charge in [-0.1, -0.05) is 13.3 Å². The zero-order valence-electron chi connectivity index (χ0n) is 12.2. The van der Waals surface area contributed by atoms with E-state index in [0.29, 0.717) is 6.54 Å². The van der Waals surface area contributed by atoms with E-state index in [1.165, 1.54) is 12.8 Å². The summed E-state index contributed by atoms with van der Waals surface area (Å²) in [5, 5.41) is 15.0. The number of amides is 2. The highest BCUT2D eigenvalue weighted by molar-refractivity contribution is 5.74. The molecule has 5 nitrogen and oxygen atoms in total. The van der Waals surface area contributed by atoms with Crippen LogP contribution in [0.25, 0.3) is 0 Å². The Morgan fingerprint density at radius 1 is 1.10 bits per heavy atom. The highest BCUT2D eigenvalue weighted by atomic mass is 16.4. The fraction of sp³-hybridized carbons (Fsp3) is 0.867. The van der Waals surface area contributed by atoms with Gasteiger partial charge in [0, 0.05) is 12.6 Å². The molecule has 0 aromatic rings. The normalized spacial score (nSPS) is 33.6. The van der Waals surface area contributed by atoms with Crippen molar-refractivity contribution in [3.63, 3.8) is 0 Å². The predicted octanol–water partition coefficient (Wildman–Crippen LogP) is 2.37. The molecule has 0 bridgehead atoms. The number of nitrogens with one attached hydrogen (secondary N) is 2. The van der Waals surface area contributed by atoms with Crippen LogP contribution in [0.2, 0.25) is 0 Å². The Hall–Kier alpha value is -1.26. The molecule has 0 radical (unpaired) electrons. The Balaban J connectivity index is 1.68. The number of carbonyl (C=O) groups is 2. The van der Waals surface area contributed by atoms with Gasteiger partial charge in [-0.3, -0.25) is 4.79 Å². The summed E-state index contributed by atoms with van der Waals surface area (Å²) in [5.41, 5.74) is 0. The van der Waals surface area contributed by atoms with Crippen LogP contribution >= 0.6 is 0 Å². The molecule has 0 aliphatic heterocycles. The number of carbonyl (C=O) groups excluding carboxylic acids is 1. The minimum Gasteiger partial charge on any atom is -0.481 e. The molecule has 0 aromatic heterocycles. The zero-order chi connectivity index (χ0) is 14.5. The van der Waals surface area contributed by atoms with Gasteiger partial charge in [-0.15, -0.1) is 0 Å². The van der Waals surface area contributed by atoms with E-state index in [0.717, 1.165) is 38.0 Å². The summed E-state index contributed by atoms with van der Waals surface area (Å²) in [7, 11) is 0. The number of hydrogen-bond acceptors (Lipinski definition) is 2. The molecule has 114 valence electrons. The summed E-state index contributed by atoms with van der Waals surface area (Å²) < 4.78 is 0. The Kier molecular flexibility index (Phi) is 5.26. The van der Waals surface area contributed by atoms with Crippen molar-refractivity contribution in [3.05, 3.63) is 0 Å². The van der Waals surface area contributed by atoms with Gasteiger partial charge in [-0.05, 0) is 50.4 Å². The maximum absolute atomic E-state index is 11.9. The van der Waals surface area contributed by atoms with Crippen molar-refractivity contribution in [3.8, 4) is 0 Å². The number of rotatable bonds is 4. The smallest absolute Gasteiger partial charge is 0.315 e. The molecule has 20 heavy (non-hydrogen) atoms. The number of carboxylic acid groups (broad SMARTS) is 1. The largest absolute Gasteiger partial charge is 0.481 e. The average molecular weight is 282 g/mol. The fourth-order valence-corrected chi connectivity index (χ4v) is 3.47. The molecule has 2 saturated carbocycles. The SMILES string of the molecule is CC1CCC(NC(=O)NCC2CCCC2C(=O)O)CC1. The molecule has 2 amide bonds. The van der Waals surface area contributed by atoms with E-state index in [4.69, 9.17) is 5.11 Å². The van der Waals surface area contributed by atoms with Crippen molar-refractivity contribution in [1.29, 1.82) is 0 Å². The molecule has 2 atom stereocenters. The van der Waals surface area contributed by atoms with E-state index in [9.17, 15) is 9.59 Å². The first-order chi connectivity index (χ1) is 9.56. The van der Waals surface area contributed by atoms with Crippen LogP contribution in [-0.2, 0) is 4.79 Å². The Bertz CT molecular complexity index is 351. The maximum Gasteiger partial charge on any atom is 0.315 e. The van der Waals surface area contributed by atoms with Gasteiger partial charge in [0.05, 0.1) is 5.92 Å². The highest BCUT2D eigenvalue weighted by Gasteiger charge is 2.33. The van der Waals surface area contributed by atoms with Crippen LogP contribution in [0.5, 0.6) is 0 Å². The van der Waals surface area contributed by atoms with Crippen molar-refractivity contribution in [2.45, 2.75) is 57.9 Å². The maximum atomic E-state index is 11.9. The first-order valence-corrected chi connectivity index (χ1v) is 7.83. The van der Waals surface area contributed by atoms with Gasteiger partial charge in [0.2, 0.25) is 0 Å². The van der Waals surface area contributed by atoms with Crippen molar-refractivity contribution < 1.29 is 14.7 Å². The molecular formula is C15H26N2O3. The Morgan fingerprint density at radius 3 is 2.45 bits per heavy atom. The van der Waals surface area contributed by atoms with Crippen molar-refractivity contribution in [1.82, 2.24) is 10.6 Å². The molecule has 2 unspecified atom stereocenters. The zero-order valence-corrected chi connectivity index (χ0v) is 12.2. The third kappa shape index (κ3) is 4.12. The monoisotopic (exact) mass is 282 g/mol. The Labute approximate surface area is 120 Å². The first-order valence-electron chi connectivity index (χ1n) is 7.83. The summed E-state index contributed by atoms with van der Waals surface area (Å²) in [6.45, 7) is 2.73. The second-order valence-electron chi connectivity index (χ2n) is 6.45. The summed E-state index contributed by atoms with van der Waals surface area (Å²) in [4.78, 5) is 22.9. The van der Waals surface area contributed by atoms with Gasteiger partial charge in [0.1, 0.15) is 0 Å². The lowest BCUT2D eigenvalue weighted by Crippen LogP contribution is -2.45. The van der Waals surface area contributed by atoms with Gasteiger partial charge in [0.15, 0.2) is 0 Å². The van der Waals surface area contributed by atoms with Crippen LogP contribution in [0.3, 0.4) is 0 Å². The van der Waals surface area contributed by atoms with E-state index < -0.39 is 5.97 Å². The molecule has 2 rings (SSSR count). The van der Waals surface area contributed by atoms with E-state index in [1.54, 1.807) is 0 Å². The summed E-state index contributed by atoms with van der Waals surface area (Å²) in [6.07, 6.45) is 7.04. The van der Waals surface area contributed by atoms with Gasteiger partial charge in [0.25, 0.3) is 0 Å². The molecule has 5 heteroatoms. The van der Waals surface area contributed by atoms with E-state index >= 15 is 0 Å². The first kappa shape index (κ1) is 15.1. The minimum atomic E-state index is -0.726. The third-order valence-electron chi connectivity index (χ3n) is 4.85. The number of urea groups is 1. The van der Waals surface area contributed by atoms with Crippen LogP contribution in [0.1, 0.15) is 51.9 Å². The minimum absolute atomic E-state index is 0.0876. The van der Waals surface area contributed by atoms with E-state index in [-0.39, 0.29) is 23.9 Å². The average Bonchev–Trinajstić information content (AvgIpc) is 2.88. The van der Waals surface area contributed by atoms with Crippen LogP contribution in [0, 0.1) is 17.8 Å². The van der Waals surface area contributed by atoms with Gasteiger partial charge in [-0.25, -0.2) is 4.79 Å². The van der Waals surface area contributed by atoms with Gasteiger partial charge in [-0.2, -0.15) is 0 Å². The molecule has 0 saturated heterocycles. The standard InChI is InChI=1S/C15H26N2O3/c1-10-5-7-12(8-6-10)17-15(20)16-9-11-3-2-4-13(11)14(18)19/h10-13H,2-9H2,1H3,(H,18,19)(H2,16,17,20). The van der Waals surface area contributed by atoms with E-state index in [1.807, 2.05) is 0 Å².